The van der Waals surface area contributed by atoms with Gasteiger partial charge in [0, 0.05) is 12.0 Å². The Balaban J connectivity index is 2.18. The van der Waals surface area contributed by atoms with Crippen LogP contribution in [0.3, 0.4) is 0 Å². The predicted octanol–water partition coefficient (Wildman–Crippen LogP) is 2.47. The minimum absolute atomic E-state index is 0.147. The van der Waals surface area contributed by atoms with Gasteiger partial charge in [0.1, 0.15) is 0 Å². The lowest BCUT2D eigenvalue weighted by atomic mass is 10.1. The molecule has 1 aromatic heterocycles. The largest absolute Gasteiger partial charge is 0.393 e. The molecule has 2 unspecified atom stereocenters. The monoisotopic (exact) mass is 214 g/mol. The van der Waals surface area contributed by atoms with Gasteiger partial charge in [-0.05, 0) is 37.6 Å². The van der Waals surface area contributed by atoms with Gasteiger partial charge >= 0.3 is 0 Å². The number of hydrogen-bond acceptors (Lipinski definition) is 3. The van der Waals surface area contributed by atoms with Crippen LogP contribution in [-0.4, -0.2) is 24.4 Å². The molecule has 0 amide bonds. The molecule has 0 saturated heterocycles. The molecule has 1 rings (SSSR count). The number of aryl methyl sites for hydroxylation is 1. The molecule has 0 bridgehead atoms. The first-order chi connectivity index (χ1) is 6.72. The van der Waals surface area contributed by atoms with Gasteiger partial charge in [-0.2, -0.15) is 0 Å². The summed E-state index contributed by atoms with van der Waals surface area (Å²) in [5.74, 6) is 0. The molecule has 0 spiro atoms. The van der Waals surface area contributed by atoms with Crippen molar-refractivity contribution in [2.45, 2.75) is 38.4 Å². The van der Waals surface area contributed by atoms with Crippen molar-refractivity contribution < 1.29 is 9.84 Å². The Labute approximate surface area is 89.5 Å². The van der Waals surface area contributed by atoms with E-state index in [1.54, 1.807) is 18.4 Å². The highest BCUT2D eigenvalue weighted by atomic mass is 32.1. The highest BCUT2D eigenvalue weighted by molar-refractivity contribution is 7.09. The van der Waals surface area contributed by atoms with Crippen molar-refractivity contribution in [2.75, 3.05) is 7.11 Å². The predicted molar refractivity (Wildman–Crippen MR) is 59.7 cm³/mol. The standard InChI is InChI=1S/C11H18O2S/c1-9(13-2)8-10(12)5-6-11-4-3-7-14-11/h3-4,7,9-10,12H,5-6,8H2,1-2H3. The van der Waals surface area contributed by atoms with Gasteiger partial charge in [-0.1, -0.05) is 6.07 Å². The van der Waals surface area contributed by atoms with Gasteiger partial charge in [0.25, 0.3) is 0 Å². The van der Waals surface area contributed by atoms with Gasteiger partial charge in [-0.15, -0.1) is 11.3 Å². The molecular weight excluding hydrogens is 196 g/mol. The van der Waals surface area contributed by atoms with Gasteiger partial charge < -0.3 is 9.84 Å². The zero-order chi connectivity index (χ0) is 10.4. The van der Waals surface area contributed by atoms with Crippen molar-refractivity contribution in [1.29, 1.82) is 0 Å². The fourth-order valence-electron chi connectivity index (χ4n) is 1.36. The second-order valence-electron chi connectivity index (χ2n) is 3.55. The Morgan fingerprint density at radius 3 is 2.93 bits per heavy atom. The van der Waals surface area contributed by atoms with Crippen LogP contribution in [0.4, 0.5) is 0 Å². The summed E-state index contributed by atoms with van der Waals surface area (Å²) in [6.45, 7) is 1.98. The SMILES string of the molecule is COC(C)CC(O)CCc1cccs1. The number of aliphatic hydroxyl groups is 1. The van der Waals surface area contributed by atoms with E-state index in [4.69, 9.17) is 4.74 Å². The number of ether oxygens (including phenoxy) is 1. The zero-order valence-corrected chi connectivity index (χ0v) is 9.59. The summed E-state index contributed by atoms with van der Waals surface area (Å²) in [6.07, 6.45) is 2.42. The molecule has 0 radical (unpaired) electrons. The van der Waals surface area contributed by atoms with Crippen LogP contribution in [-0.2, 0) is 11.2 Å². The van der Waals surface area contributed by atoms with E-state index < -0.39 is 0 Å². The van der Waals surface area contributed by atoms with E-state index in [2.05, 4.69) is 11.4 Å². The average molecular weight is 214 g/mol. The number of rotatable bonds is 6. The minimum Gasteiger partial charge on any atom is -0.393 e. The van der Waals surface area contributed by atoms with Gasteiger partial charge in [0.15, 0.2) is 0 Å². The molecule has 1 heterocycles. The van der Waals surface area contributed by atoms with E-state index >= 15 is 0 Å². The first kappa shape index (κ1) is 11.7. The fourth-order valence-corrected chi connectivity index (χ4v) is 2.09. The van der Waals surface area contributed by atoms with Crippen molar-refractivity contribution in [3.8, 4) is 0 Å². The van der Waals surface area contributed by atoms with Crippen LogP contribution in [0.25, 0.3) is 0 Å². The molecule has 0 aromatic carbocycles. The van der Waals surface area contributed by atoms with Gasteiger partial charge in [0.05, 0.1) is 12.2 Å². The van der Waals surface area contributed by atoms with Crippen LogP contribution in [0.1, 0.15) is 24.6 Å². The molecule has 1 aromatic rings. The Hall–Kier alpha value is -0.380. The molecule has 0 fully saturated rings. The van der Waals surface area contributed by atoms with Crippen molar-refractivity contribution in [3.05, 3.63) is 22.4 Å². The van der Waals surface area contributed by atoms with Crippen LogP contribution < -0.4 is 0 Å². The van der Waals surface area contributed by atoms with E-state index in [1.807, 2.05) is 13.0 Å². The topological polar surface area (TPSA) is 29.5 Å². The molecule has 80 valence electrons. The smallest absolute Gasteiger partial charge is 0.0568 e. The molecule has 0 aliphatic carbocycles. The lowest BCUT2D eigenvalue weighted by molar-refractivity contribution is 0.0531. The molecule has 0 saturated carbocycles. The van der Waals surface area contributed by atoms with Crippen LogP contribution in [0.15, 0.2) is 17.5 Å². The first-order valence-corrected chi connectivity index (χ1v) is 5.83. The third kappa shape index (κ3) is 4.22. The fraction of sp³-hybridized carbons (Fsp3) is 0.636. The third-order valence-corrected chi connectivity index (χ3v) is 3.25. The second kappa shape index (κ2) is 6.17. The van der Waals surface area contributed by atoms with E-state index in [0.29, 0.717) is 0 Å². The molecular formula is C11H18O2S. The van der Waals surface area contributed by atoms with Gasteiger partial charge in [-0.25, -0.2) is 0 Å². The van der Waals surface area contributed by atoms with E-state index in [1.165, 1.54) is 4.88 Å². The van der Waals surface area contributed by atoms with E-state index in [-0.39, 0.29) is 12.2 Å². The zero-order valence-electron chi connectivity index (χ0n) is 8.77. The molecule has 3 heteroatoms. The van der Waals surface area contributed by atoms with Crippen LogP contribution >= 0.6 is 11.3 Å². The van der Waals surface area contributed by atoms with Crippen molar-refractivity contribution in [2.24, 2.45) is 0 Å². The summed E-state index contributed by atoms with van der Waals surface area (Å²) >= 11 is 1.75. The Kier molecular flexibility index (Phi) is 5.15. The summed E-state index contributed by atoms with van der Waals surface area (Å²) < 4.78 is 5.10. The molecule has 14 heavy (non-hydrogen) atoms. The number of thiophene rings is 1. The van der Waals surface area contributed by atoms with Gasteiger partial charge in [0.2, 0.25) is 0 Å². The summed E-state index contributed by atoms with van der Waals surface area (Å²) in [5, 5.41) is 11.7. The summed E-state index contributed by atoms with van der Waals surface area (Å²) in [4.78, 5) is 1.34. The maximum Gasteiger partial charge on any atom is 0.0568 e. The maximum atomic E-state index is 9.67. The first-order valence-electron chi connectivity index (χ1n) is 4.95. The highest BCUT2D eigenvalue weighted by Crippen LogP contribution is 2.14. The van der Waals surface area contributed by atoms with E-state index in [0.717, 1.165) is 19.3 Å². The lowest BCUT2D eigenvalue weighted by Gasteiger charge is -2.14. The summed E-state index contributed by atoms with van der Waals surface area (Å²) in [7, 11) is 1.68. The highest BCUT2D eigenvalue weighted by Gasteiger charge is 2.09. The quantitative estimate of drug-likeness (QED) is 0.788. The number of aliphatic hydroxyl groups excluding tert-OH is 1. The number of methoxy groups -OCH3 is 1. The van der Waals surface area contributed by atoms with Crippen molar-refractivity contribution in [1.82, 2.24) is 0 Å². The van der Waals surface area contributed by atoms with E-state index in [9.17, 15) is 5.11 Å². The Morgan fingerprint density at radius 2 is 2.36 bits per heavy atom. The molecule has 0 aliphatic heterocycles. The molecule has 2 nitrogen and oxygen atoms in total. The van der Waals surface area contributed by atoms with Crippen LogP contribution in [0.2, 0.25) is 0 Å². The van der Waals surface area contributed by atoms with Crippen LogP contribution in [0.5, 0.6) is 0 Å². The lowest BCUT2D eigenvalue weighted by Crippen LogP contribution is -2.17. The maximum absolute atomic E-state index is 9.67. The Bertz CT molecular complexity index is 233. The van der Waals surface area contributed by atoms with Gasteiger partial charge in [-0.3, -0.25) is 0 Å². The number of hydrogen-bond donors (Lipinski definition) is 1. The normalized spacial score (nSPS) is 15.4. The summed E-state index contributed by atoms with van der Waals surface area (Å²) in [6, 6.07) is 4.15. The van der Waals surface area contributed by atoms with Crippen LogP contribution in [0, 0.1) is 0 Å². The third-order valence-electron chi connectivity index (χ3n) is 2.31. The average Bonchev–Trinajstić information content (AvgIpc) is 2.67. The summed E-state index contributed by atoms with van der Waals surface area (Å²) in [5.41, 5.74) is 0. The van der Waals surface area contributed by atoms with Crippen molar-refractivity contribution in [3.63, 3.8) is 0 Å². The molecule has 1 N–H and O–H groups in total. The Morgan fingerprint density at radius 1 is 1.57 bits per heavy atom. The molecule has 2 atom stereocenters. The second-order valence-corrected chi connectivity index (χ2v) is 4.59. The molecule has 0 aliphatic rings. The minimum atomic E-state index is -0.243. The van der Waals surface area contributed by atoms with Crippen molar-refractivity contribution >= 4 is 11.3 Å².